The van der Waals surface area contributed by atoms with Gasteiger partial charge >= 0.3 is 0 Å². The third-order valence-electron chi connectivity index (χ3n) is 4.34. The number of alkyl halides is 1. The van der Waals surface area contributed by atoms with E-state index in [9.17, 15) is 4.79 Å². The van der Waals surface area contributed by atoms with Crippen LogP contribution in [0.15, 0.2) is 48.8 Å². The average Bonchev–Trinajstić information content (AvgIpc) is 3.01. The van der Waals surface area contributed by atoms with Gasteiger partial charge in [0.1, 0.15) is 6.33 Å². The predicted octanol–water partition coefficient (Wildman–Crippen LogP) is 3.26. The number of hydrogen-bond donors (Lipinski definition) is 0. The van der Waals surface area contributed by atoms with Gasteiger partial charge in [0.25, 0.3) is 5.91 Å². The molecular weight excluding hydrogens is 310 g/mol. The van der Waals surface area contributed by atoms with Crippen molar-refractivity contribution in [3.8, 4) is 5.69 Å². The predicted molar refractivity (Wildman–Crippen MR) is 91.4 cm³/mol. The van der Waals surface area contributed by atoms with Crippen LogP contribution in [0.5, 0.6) is 0 Å². The number of amides is 1. The molecule has 0 spiro atoms. The van der Waals surface area contributed by atoms with E-state index in [4.69, 9.17) is 11.6 Å². The van der Waals surface area contributed by atoms with E-state index in [1.54, 1.807) is 0 Å². The van der Waals surface area contributed by atoms with E-state index in [1.807, 2.05) is 41.6 Å². The Bertz CT molecular complexity index is 887. The first-order chi connectivity index (χ1) is 11.3. The highest BCUT2D eigenvalue weighted by molar-refractivity contribution is 6.18. The molecule has 0 fully saturated rings. The lowest BCUT2D eigenvalue weighted by atomic mass is 9.98. The summed E-state index contributed by atoms with van der Waals surface area (Å²) in [5.41, 5.74) is 4.95. The van der Waals surface area contributed by atoms with Crippen LogP contribution in [0, 0.1) is 0 Å². The smallest absolute Gasteiger partial charge is 0.254 e. The van der Waals surface area contributed by atoms with Gasteiger partial charge in [0.15, 0.2) is 0 Å². The molecule has 0 saturated heterocycles. The first-order valence-electron chi connectivity index (χ1n) is 7.68. The minimum atomic E-state index is 0.0777. The maximum absolute atomic E-state index is 12.5. The van der Waals surface area contributed by atoms with Crippen LogP contribution in [-0.4, -0.2) is 39.3 Å². The maximum atomic E-state index is 12.5. The van der Waals surface area contributed by atoms with Gasteiger partial charge < -0.3 is 4.90 Å². The van der Waals surface area contributed by atoms with Crippen molar-refractivity contribution >= 4 is 28.5 Å². The molecule has 5 heteroatoms. The minimum Gasteiger partial charge on any atom is -0.337 e. The van der Waals surface area contributed by atoms with Crippen LogP contribution in [-0.2, 0) is 6.42 Å². The molecule has 0 unspecified atom stereocenters. The SMILES string of the molecule is O=C1c2ccc(-n3cnc4ccccc43)cc2CCN1CCCl. The Morgan fingerprint density at radius 2 is 2.04 bits per heavy atom. The van der Waals surface area contributed by atoms with Crippen molar-refractivity contribution in [1.82, 2.24) is 14.5 Å². The summed E-state index contributed by atoms with van der Waals surface area (Å²) < 4.78 is 2.06. The van der Waals surface area contributed by atoms with Crippen molar-refractivity contribution in [3.63, 3.8) is 0 Å². The largest absolute Gasteiger partial charge is 0.337 e. The number of halogens is 1. The Balaban J connectivity index is 1.75. The van der Waals surface area contributed by atoms with Crippen molar-refractivity contribution in [1.29, 1.82) is 0 Å². The molecule has 4 rings (SSSR count). The fraction of sp³-hybridized carbons (Fsp3) is 0.222. The van der Waals surface area contributed by atoms with Gasteiger partial charge in [0, 0.05) is 30.2 Å². The van der Waals surface area contributed by atoms with E-state index in [2.05, 4.69) is 21.7 Å². The van der Waals surface area contributed by atoms with Gasteiger partial charge in [0.05, 0.1) is 11.0 Å². The van der Waals surface area contributed by atoms with E-state index in [0.717, 1.165) is 40.8 Å². The Hall–Kier alpha value is -2.33. The van der Waals surface area contributed by atoms with Gasteiger partial charge in [0.2, 0.25) is 0 Å². The maximum Gasteiger partial charge on any atom is 0.254 e. The number of para-hydroxylation sites is 2. The molecular formula is C18H16ClN3O. The van der Waals surface area contributed by atoms with E-state index in [-0.39, 0.29) is 5.91 Å². The number of benzene rings is 2. The zero-order chi connectivity index (χ0) is 15.8. The van der Waals surface area contributed by atoms with E-state index >= 15 is 0 Å². The topological polar surface area (TPSA) is 38.1 Å². The van der Waals surface area contributed by atoms with Crippen molar-refractivity contribution in [2.45, 2.75) is 6.42 Å². The molecule has 1 aliphatic heterocycles. The van der Waals surface area contributed by atoms with Gasteiger partial charge in [-0.15, -0.1) is 11.6 Å². The van der Waals surface area contributed by atoms with Crippen LogP contribution in [0.4, 0.5) is 0 Å². The van der Waals surface area contributed by atoms with Crippen molar-refractivity contribution in [2.24, 2.45) is 0 Å². The van der Waals surface area contributed by atoms with Crippen LogP contribution in [0.1, 0.15) is 15.9 Å². The fourth-order valence-electron chi connectivity index (χ4n) is 3.15. The standard InChI is InChI=1S/C18H16ClN3O/c19-8-10-21-9-7-13-11-14(5-6-15(13)18(21)23)22-12-20-16-3-1-2-4-17(16)22/h1-6,11-12H,7-10H2. The first kappa shape index (κ1) is 14.3. The third kappa shape index (κ3) is 2.39. The number of carbonyl (C=O) groups is 1. The monoisotopic (exact) mass is 325 g/mol. The number of carbonyl (C=O) groups excluding carboxylic acids is 1. The quantitative estimate of drug-likeness (QED) is 0.693. The lowest BCUT2D eigenvalue weighted by Gasteiger charge is -2.28. The lowest BCUT2D eigenvalue weighted by Crippen LogP contribution is -2.38. The van der Waals surface area contributed by atoms with Crippen LogP contribution < -0.4 is 0 Å². The molecule has 2 heterocycles. The first-order valence-corrected chi connectivity index (χ1v) is 8.22. The molecule has 3 aromatic rings. The summed E-state index contributed by atoms with van der Waals surface area (Å²) in [5.74, 6) is 0.550. The molecule has 1 aliphatic rings. The molecule has 1 aromatic heterocycles. The molecule has 4 nitrogen and oxygen atoms in total. The van der Waals surface area contributed by atoms with Crippen LogP contribution >= 0.6 is 11.6 Å². The number of hydrogen-bond acceptors (Lipinski definition) is 2. The van der Waals surface area contributed by atoms with Gasteiger partial charge in [-0.1, -0.05) is 12.1 Å². The molecule has 0 atom stereocenters. The van der Waals surface area contributed by atoms with Crippen LogP contribution in [0.3, 0.4) is 0 Å². The molecule has 0 bridgehead atoms. The normalized spacial score (nSPS) is 14.3. The Morgan fingerprint density at radius 1 is 1.17 bits per heavy atom. The van der Waals surface area contributed by atoms with Crippen molar-refractivity contribution in [3.05, 3.63) is 59.9 Å². The molecule has 0 radical (unpaired) electrons. The summed E-state index contributed by atoms with van der Waals surface area (Å²) in [6.45, 7) is 1.33. The number of rotatable bonds is 3. The van der Waals surface area contributed by atoms with Crippen molar-refractivity contribution < 1.29 is 4.79 Å². The number of nitrogens with zero attached hydrogens (tertiary/aromatic N) is 3. The second-order valence-electron chi connectivity index (χ2n) is 5.68. The van der Waals surface area contributed by atoms with Gasteiger partial charge in [-0.2, -0.15) is 0 Å². The molecule has 2 aromatic carbocycles. The number of fused-ring (bicyclic) bond motifs is 2. The zero-order valence-corrected chi connectivity index (χ0v) is 13.3. The summed E-state index contributed by atoms with van der Waals surface area (Å²) in [7, 11) is 0. The molecule has 1 amide bonds. The third-order valence-corrected chi connectivity index (χ3v) is 4.51. The second-order valence-corrected chi connectivity index (χ2v) is 6.05. The molecule has 0 N–H and O–H groups in total. The average molecular weight is 326 g/mol. The highest BCUT2D eigenvalue weighted by Crippen LogP contribution is 2.24. The van der Waals surface area contributed by atoms with E-state index < -0.39 is 0 Å². The van der Waals surface area contributed by atoms with Crippen LogP contribution in [0.2, 0.25) is 0 Å². The fourth-order valence-corrected chi connectivity index (χ4v) is 3.36. The minimum absolute atomic E-state index is 0.0777. The molecule has 0 saturated carbocycles. The van der Waals surface area contributed by atoms with E-state index in [1.165, 1.54) is 0 Å². The van der Waals surface area contributed by atoms with Crippen molar-refractivity contribution in [2.75, 3.05) is 19.0 Å². The second kappa shape index (κ2) is 5.70. The Labute approximate surface area is 139 Å². The van der Waals surface area contributed by atoms with Gasteiger partial charge in [-0.3, -0.25) is 9.36 Å². The van der Waals surface area contributed by atoms with E-state index in [0.29, 0.717) is 12.4 Å². The summed E-state index contributed by atoms with van der Waals surface area (Å²) in [6, 6.07) is 14.0. The highest BCUT2D eigenvalue weighted by atomic mass is 35.5. The van der Waals surface area contributed by atoms with Crippen LogP contribution in [0.25, 0.3) is 16.7 Å². The Kier molecular flexibility index (Phi) is 3.54. The zero-order valence-electron chi connectivity index (χ0n) is 12.6. The number of aromatic nitrogens is 2. The molecule has 23 heavy (non-hydrogen) atoms. The summed E-state index contributed by atoms with van der Waals surface area (Å²) in [4.78, 5) is 18.7. The molecule has 116 valence electrons. The summed E-state index contributed by atoms with van der Waals surface area (Å²) >= 11 is 5.77. The molecule has 0 aliphatic carbocycles. The highest BCUT2D eigenvalue weighted by Gasteiger charge is 2.24. The van der Waals surface area contributed by atoms with Gasteiger partial charge in [-0.05, 0) is 42.3 Å². The summed E-state index contributed by atoms with van der Waals surface area (Å²) in [6.07, 6.45) is 2.69. The number of imidazole rings is 1. The summed E-state index contributed by atoms with van der Waals surface area (Å²) in [5, 5.41) is 0. The van der Waals surface area contributed by atoms with Gasteiger partial charge in [-0.25, -0.2) is 4.98 Å². The lowest BCUT2D eigenvalue weighted by molar-refractivity contribution is 0.0750. The Morgan fingerprint density at radius 3 is 2.91 bits per heavy atom.